The number of carbonyl (C=O) groups is 2. The van der Waals surface area contributed by atoms with Crippen molar-refractivity contribution in [3.63, 3.8) is 0 Å². The summed E-state index contributed by atoms with van der Waals surface area (Å²) in [5.74, 6) is -1.82. The van der Waals surface area contributed by atoms with Crippen LogP contribution in [0.15, 0.2) is 18.2 Å². The monoisotopic (exact) mass is 665 g/mol. The van der Waals surface area contributed by atoms with E-state index in [9.17, 15) is 14.7 Å². The molecule has 0 aliphatic carbocycles. The fraction of sp³-hybridized carbons (Fsp3) is 0.810. The van der Waals surface area contributed by atoms with Crippen LogP contribution in [0.4, 0.5) is 0 Å². The number of ether oxygens (including phenoxy) is 1. The molecule has 0 radical (unpaired) electrons. The van der Waals surface area contributed by atoms with Crippen molar-refractivity contribution in [3.8, 4) is 0 Å². The van der Waals surface area contributed by atoms with Crippen molar-refractivity contribution in [2.75, 3.05) is 6.61 Å². The molecule has 47 heavy (non-hydrogen) atoms. The molecule has 1 rings (SSSR count). The van der Waals surface area contributed by atoms with Crippen LogP contribution < -0.4 is 34.7 Å². The van der Waals surface area contributed by atoms with E-state index in [-0.39, 0.29) is 40.7 Å². The van der Waals surface area contributed by atoms with Gasteiger partial charge in [-0.1, -0.05) is 206 Å². The summed E-state index contributed by atoms with van der Waals surface area (Å²) in [5.41, 5.74) is 0.852. The normalized spacial score (nSPS) is 11.0. The van der Waals surface area contributed by atoms with Gasteiger partial charge in [0.25, 0.3) is 0 Å². The van der Waals surface area contributed by atoms with E-state index in [1.165, 1.54) is 161 Å². The maximum Gasteiger partial charge on any atom is 1.00 e. The summed E-state index contributed by atoms with van der Waals surface area (Å²) < 4.78 is 5.49. The summed E-state index contributed by atoms with van der Waals surface area (Å²) >= 11 is 0. The van der Waals surface area contributed by atoms with Gasteiger partial charge in [-0.15, -0.1) is 0 Å². The zero-order chi connectivity index (χ0) is 33.3. The maximum atomic E-state index is 12.8. The van der Waals surface area contributed by atoms with E-state index < -0.39 is 11.9 Å². The first-order chi connectivity index (χ1) is 22.6. The molecular weight excluding hydrogens is 591 g/mol. The third-order valence-corrected chi connectivity index (χ3v) is 9.61. The minimum atomic E-state index is -1.28. The minimum Gasteiger partial charge on any atom is -0.545 e. The second-order valence-electron chi connectivity index (χ2n) is 13.9. The average Bonchev–Trinajstić information content (AvgIpc) is 3.06. The molecule has 0 saturated carbocycles. The SMILES string of the molecule is CCCCCCCCCCCCCCCCCCc1cccc(C(=O)OCCCCCCCCCCCCCCCC)c1C(=O)[O-].[Na+]. The number of esters is 1. The fourth-order valence-corrected chi connectivity index (χ4v) is 6.62. The van der Waals surface area contributed by atoms with Crippen LogP contribution in [0.1, 0.15) is 233 Å². The molecule has 0 fully saturated rings. The van der Waals surface area contributed by atoms with Crippen molar-refractivity contribution in [2.45, 2.75) is 213 Å². The van der Waals surface area contributed by atoms with Gasteiger partial charge in [0.1, 0.15) is 0 Å². The van der Waals surface area contributed by atoms with Crippen molar-refractivity contribution in [3.05, 3.63) is 34.9 Å². The van der Waals surface area contributed by atoms with Gasteiger partial charge in [0.15, 0.2) is 0 Å². The molecule has 0 aliphatic heterocycles. The minimum absolute atomic E-state index is 0. The number of hydrogen-bond acceptors (Lipinski definition) is 4. The van der Waals surface area contributed by atoms with Gasteiger partial charge in [0.05, 0.1) is 18.1 Å². The van der Waals surface area contributed by atoms with E-state index in [2.05, 4.69) is 13.8 Å². The van der Waals surface area contributed by atoms with Crippen molar-refractivity contribution >= 4 is 11.9 Å². The Hall–Kier alpha value is -0.840. The van der Waals surface area contributed by atoms with Gasteiger partial charge in [-0.05, 0) is 30.9 Å². The summed E-state index contributed by atoms with van der Waals surface area (Å²) in [5, 5.41) is 12.0. The quantitative estimate of drug-likeness (QED) is 0.0418. The molecule has 0 amide bonds. The average molecular weight is 665 g/mol. The number of carbonyl (C=O) groups excluding carboxylic acids is 2. The van der Waals surface area contributed by atoms with E-state index in [4.69, 9.17) is 4.74 Å². The molecule has 0 atom stereocenters. The van der Waals surface area contributed by atoms with Gasteiger partial charge in [0, 0.05) is 5.56 Å². The van der Waals surface area contributed by atoms with Crippen LogP contribution in [-0.4, -0.2) is 18.5 Å². The van der Waals surface area contributed by atoms with Crippen LogP contribution >= 0.6 is 0 Å². The first-order valence-electron chi connectivity index (χ1n) is 20.1. The van der Waals surface area contributed by atoms with E-state index in [0.29, 0.717) is 18.6 Å². The summed E-state index contributed by atoms with van der Waals surface area (Å²) in [4.78, 5) is 24.8. The van der Waals surface area contributed by atoms with Gasteiger partial charge in [0.2, 0.25) is 0 Å². The van der Waals surface area contributed by atoms with Crippen LogP contribution in [0.5, 0.6) is 0 Å². The molecule has 0 heterocycles. The predicted molar refractivity (Wildman–Crippen MR) is 195 cm³/mol. The Bertz CT molecular complexity index is 855. The summed E-state index contributed by atoms with van der Waals surface area (Å²) in [6.45, 7) is 4.88. The number of benzene rings is 1. The van der Waals surface area contributed by atoms with Crippen LogP contribution in [0.3, 0.4) is 0 Å². The standard InChI is InChI=1S/C42H74O4.Na/c1-3-5-7-9-11-13-15-17-19-20-21-23-25-27-29-31-34-38-35-33-36-39(40(38)41(43)44)42(45)46-37-32-30-28-26-24-22-18-16-14-12-10-8-6-4-2;/h33,35-36H,3-32,34,37H2,1-2H3,(H,43,44);/q;+1/p-1. The Kier molecular flexibility index (Phi) is 34.4. The molecule has 5 heteroatoms. The molecule has 1 aromatic carbocycles. The third-order valence-electron chi connectivity index (χ3n) is 9.61. The number of hydrogen-bond donors (Lipinski definition) is 0. The van der Waals surface area contributed by atoms with Gasteiger partial charge >= 0.3 is 35.5 Å². The van der Waals surface area contributed by atoms with Gasteiger partial charge in [-0.25, -0.2) is 4.79 Å². The molecule has 0 spiro atoms. The summed E-state index contributed by atoms with van der Waals surface area (Å²) in [6.07, 6.45) is 39.5. The molecular formula is C42H73NaO4. The molecule has 0 aromatic heterocycles. The number of carboxylic acid groups (broad SMARTS) is 1. The molecule has 1 aromatic rings. The summed E-state index contributed by atoms with van der Waals surface area (Å²) in [6, 6.07) is 5.16. The Morgan fingerprint density at radius 1 is 0.511 bits per heavy atom. The van der Waals surface area contributed by atoms with E-state index in [0.717, 1.165) is 32.1 Å². The Morgan fingerprint density at radius 3 is 1.21 bits per heavy atom. The van der Waals surface area contributed by atoms with E-state index in [1.54, 1.807) is 12.1 Å². The van der Waals surface area contributed by atoms with E-state index in [1.807, 2.05) is 6.07 Å². The summed E-state index contributed by atoms with van der Waals surface area (Å²) in [7, 11) is 0. The van der Waals surface area contributed by atoms with Gasteiger partial charge in [-0.2, -0.15) is 0 Å². The fourth-order valence-electron chi connectivity index (χ4n) is 6.62. The second-order valence-corrected chi connectivity index (χ2v) is 13.9. The number of rotatable bonds is 34. The Morgan fingerprint density at radius 2 is 0.851 bits per heavy atom. The first kappa shape index (κ1) is 46.2. The van der Waals surface area contributed by atoms with Crippen molar-refractivity contribution < 1.29 is 49.0 Å². The second kappa shape index (κ2) is 35.0. The van der Waals surface area contributed by atoms with Crippen molar-refractivity contribution in [1.82, 2.24) is 0 Å². The number of unbranched alkanes of at least 4 members (excludes halogenated alkanes) is 28. The molecule has 0 unspecified atom stereocenters. The number of aromatic carboxylic acids is 1. The van der Waals surface area contributed by atoms with Crippen LogP contribution in [0.25, 0.3) is 0 Å². The molecule has 4 nitrogen and oxygen atoms in total. The zero-order valence-electron chi connectivity index (χ0n) is 31.5. The van der Waals surface area contributed by atoms with Crippen molar-refractivity contribution in [2.24, 2.45) is 0 Å². The molecule has 0 aliphatic rings. The number of carboxylic acids is 1. The van der Waals surface area contributed by atoms with Crippen LogP contribution in [0, 0.1) is 0 Å². The topological polar surface area (TPSA) is 66.4 Å². The Balaban J connectivity index is 0.0000212. The molecule has 266 valence electrons. The van der Waals surface area contributed by atoms with Gasteiger partial charge < -0.3 is 14.6 Å². The largest absolute Gasteiger partial charge is 1.00 e. The van der Waals surface area contributed by atoms with Crippen LogP contribution in [-0.2, 0) is 11.2 Å². The third kappa shape index (κ3) is 26.7. The Labute approximate surface area is 313 Å². The van der Waals surface area contributed by atoms with Gasteiger partial charge in [-0.3, -0.25) is 0 Å². The predicted octanol–water partition coefficient (Wildman–Crippen LogP) is 9.50. The zero-order valence-corrected chi connectivity index (χ0v) is 33.5. The van der Waals surface area contributed by atoms with Crippen molar-refractivity contribution in [1.29, 1.82) is 0 Å². The first-order valence-corrected chi connectivity index (χ1v) is 20.1. The smallest absolute Gasteiger partial charge is 0.545 e. The molecule has 0 saturated heterocycles. The molecule has 0 bridgehead atoms. The van der Waals surface area contributed by atoms with E-state index >= 15 is 0 Å². The van der Waals surface area contributed by atoms with Crippen LogP contribution in [0.2, 0.25) is 0 Å². The molecule has 0 N–H and O–H groups in total. The number of aryl methyl sites for hydroxylation is 1. The maximum absolute atomic E-state index is 12.8.